The van der Waals surface area contributed by atoms with Crippen LogP contribution in [0.5, 0.6) is 0 Å². The van der Waals surface area contributed by atoms with Crippen LogP contribution in [0.2, 0.25) is 5.02 Å². The Morgan fingerprint density at radius 2 is 1.71 bits per heavy atom. The van der Waals surface area contributed by atoms with E-state index in [4.69, 9.17) is 16.7 Å². The van der Waals surface area contributed by atoms with Crippen LogP contribution >= 0.6 is 11.6 Å². The molecule has 106 valence electrons. The molecule has 0 aliphatic rings. The van der Waals surface area contributed by atoms with Crippen molar-refractivity contribution in [3.63, 3.8) is 0 Å². The second-order valence-electron chi connectivity index (χ2n) is 4.75. The molecule has 0 aliphatic heterocycles. The van der Waals surface area contributed by atoms with Gasteiger partial charge in [-0.1, -0.05) is 29.8 Å². The first kappa shape index (κ1) is 13.6. The van der Waals surface area contributed by atoms with Crippen LogP contribution in [-0.4, -0.2) is 26.1 Å². The molecule has 3 rings (SSSR count). The molecule has 0 amide bonds. The zero-order chi connectivity index (χ0) is 14.8. The molecule has 2 aromatic carbocycles. The minimum Gasteiger partial charge on any atom is -0.481 e. The number of hydrogen-bond acceptors (Lipinski definition) is 3. The lowest BCUT2D eigenvalue weighted by Gasteiger charge is -1.99. The van der Waals surface area contributed by atoms with E-state index in [0.29, 0.717) is 22.6 Å². The number of benzene rings is 2. The second-order valence-corrected chi connectivity index (χ2v) is 5.19. The molecule has 1 heterocycles. The zero-order valence-corrected chi connectivity index (χ0v) is 11.8. The summed E-state index contributed by atoms with van der Waals surface area (Å²) in [4.78, 5) is 12.3. The van der Waals surface area contributed by atoms with Gasteiger partial charge in [-0.15, -0.1) is 0 Å². The third kappa shape index (κ3) is 3.20. The van der Waals surface area contributed by atoms with Crippen LogP contribution in [0.3, 0.4) is 0 Å². The molecule has 0 atom stereocenters. The van der Waals surface area contributed by atoms with Gasteiger partial charge in [0.1, 0.15) is 11.0 Å². The molecule has 6 heteroatoms. The molecule has 5 nitrogen and oxygen atoms in total. The summed E-state index contributed by atoms with van der Waals surface area (Å²) in [5.41, 5.74) is 3.21. The maximum Gasteiger partial charge on any atom is 0.307 e. The number of fused-ring (bicyclic) bond motifs is 1. The van der Waals surface area contributed by atoms with Crippen molar-refractivity contribution in [1.82, 2.24) is 15.0 Å². The van der Waals surface area contributed by atoms with Gasteiger partial charge in [-0.2, -0.15) is 15.0 Å². The maximum atomic E-state index is 10.7. The van der Waals surface area contributed by atoms with Gasteiger partial charge in [0.05, 0.1) is 13.0 Å². The van der Waals surface area contributed by atoms with Crippen molar-refractivity contribution in [2.75, 3.05) is 0 Å². The molecule has 0 saturated heterocycles. The number of aliphatic carboxylic acids is 1. The number of carboxylic acid groups (broad SMARTS) is 1. The number of rotatable bonds is 4. The van der Waals surface area contributed by atoms with Crippen molar-refractivity contribution in [2.24, 2.45) is 0 Å². The third-order valence-corrected chi connectivity index (χ3v) is 3.33. The van der Waals surface area contributed by atoms with Crippen molar-refractivity contribution in [2.45, 2.75) is 13.0 Å². The van der Waals surface area contributed by atoms with E-state index in [1.807, 2.05) is 24.3 Å². The van der Waals surface area contributed by atoms with Gasteiger partial charge in [-0.3, -0.25) is 4.79 Å². The lowest BCUT2D eigenvalue weighted by molar-refractivity contribution is -0.136. The Bertz CT molecular complexity index is 796. The van der Waals surface area contributed by atoms with E-state index in [1.165, 1.54) is 0 Å². The predicted octanol–water partition coefficient (Wildman–Crippen LogP) is 2.76. The molecule has 1 N–H and O–H groups in total. The average Bonchev–Trinajstić information content (AvgIpc) is 2.82. The van der Waals surface area contributed by atoms with Gasteiger partial charge in [-0.25, -0.2) is 0 Å². The van der Waals surface area contributed by atoms with Crippen molar-refractivity contribution in [3.05, 3.63) is 58.6 Å². The third-order valence-electron chi connectivity index (χ3n) is 3.08. The largest absolute Gasteiger partial charge is 0.481 e. The SMILES string of the molecule is O=C(O)Cc1ccc2nn(Cc3ccc(Cl)cc3)nc2c1. The van der Waals surface area contributed by atoms with Gasteiger partial charge < -0.3 is 5.11 Å². The molecule has 1 aromatic heterocycles. The first-order valence-electron chi connectivity index (χ1n) is 6.40. The van der Waals surface area contributed by atoms with E-state index in [0.717, 1.165) is 11.1 Å². The predicted molar refractivity (Wildman–Crippen MR) is 79.4 cm³/mol. The monoisotopic (exact) mass is 301 g/mol. The molecular formula is C15H12ClN3O2. The summed E-state index contributed by atoms with van der Waals surface area (Å²) >= 11 is 5.85. The molecule has 0 radical (unpaired) electrons. The van der Waals surface area contributed by atoms with Gasteiger partial charge in [0.25, 0.3) is 0 Å². The van der Waals surface area contributed by atoms with Crippen LogP contribution in [0.15, 0.2) is 42.5 Å². The fourth-order valence-electron chi connectivity index (χ4n) is 2.11. The first-order valence-corrected chi connectivity index (χ1v) is 6.78. The highest BCUT2D eigenvalue weighted by Crippen LogP contribution is 2.14. The smallest absolute Gasteiger partial charge is 0.307 e. The molecule has 21 heavy (non-hydrogen) atoms. The van der Waals surface area contributed by atoms with E-state index in [9.17, 15) is 4.79 Å². The molecule has 0 bridgehead atoms. The van der Waals surface area contributed by atoms with Crippen LogP contribution in [-0.2, 0) is 17.8 Å². The van der Waals surface area contributed by atoms with E-state index in [2.05, 4.69) is 10.2 Å². The Morgan fingerprint density at radius 1 is 1.05 bits per heavy atom. The summed E-state index contributed by atoms with van der Waals surface area (Å²) in [7, 11) is 0. The van der Waals surface area contributed by atoms with Gasteiger partial charge >= 0.3 is 5.97 Å². The molecule has 0 unspecified atom stereocenters. The van der Waals surface area contributed by atoms with E-state index >= 15 is 0 Å². The fraction of sp³-hybridized carbons (Fsp3) is 0.133. The average molecular weight is 302 g/mol. The summed E-state index contributed by atoms with van der Waals surface area (Å²) < 4.78 is 0. The van der Waals surface area contributed by atoms with Crippen molar-refractivity contribution >= 4 is 28.6 Å². The summed E-state index contributed by atoms with van der Waals surface area (Å²) in [6, 6.07) is 12.8. The van der Waals surface area contributed by atoms with Crippen molar-refractivity contribution in [1.29, 1.82) is 0 Å². The van der Waals surface area contributed by atoms with E-state index < -0.39 is 5.97 Å². The first-order chi connectivity index (χ1) is 10.1. The quantitative estimate of drug-likeness (QED) is 0.804. The summed E-state index contributed by atoms with van der Waals surface area (Å²) in [5.74, 6) is -0.858. The Morgan fingerprint density at radius 3 is 2.43 bits per heavy atom. The number of carbonyl (C=O) groups is 1. The van der Waals surface area contributed by atoms with E-state index in [-0.39, 0.29) is 6.42 Å². The Hall–Kier alpha value is -2.40. The number of aromatic nitrogens is 3. The van der Waals surface area contributed by atoms with Crippen LogP contribution in [0.4, 0.5) is 0 Å². The molecule has 0 spiro atoms. The molecule has 0 aliphatic carbocycles. The Labute approximate surface area is 125 Å². The minimum absolute atomic E-state index is 0.0139. The number of halogens is 1. The lowest BCUT2D eigenvalue weighted by atomic mass is 10.1. The van der Waals surface area contributed by atoms with Crippen molar-refractivity contribution in [3.8, 4) is 0 Å². The molecular weight excluding hydrogens is 290 g/mol. The van der Waals surface area contributed by atoms with Gasteiger partial charge in [-0.05, 0) is 35.4 Å². The van der Waals surface area contributed by atoms with E-state index in [1.54, 1.807) is 23.0 Å². The molecule has 3 aromatic rings. The fourth-order valence-corrected chi connectivity index (χ4v) is 2.24. The summed E-state index contributed by atoms with van der Waals surface area (Å²) in [5, 5.41) is 18.3. The topological polar surface area (TPSA) is 68.0 Å². The second kappa shape index (κ2) is 5.54. The van der Waals surface area contributed by atoms with Crippen LogP contribution in [0, 0.1) is 0 Å². The number of nitrogens with zero attached hydrogens (tertiary/aromatic N) is 3. The van der Waals surface area contributed by atoms with Gasteiger partial charge in [0.2, 0.25) is 0 Å². The standard InChI is InChI=1S/C15H12ClN3O2/c16-12-4-1-10(2-5-12)9-19-17-13-6-3-11(8-15(20)21)7-14(13)18-19/h1-7H,8-9H2,(H,20,21). The Kier molecular flexibility index (Phi) is 3.58. The number of carboxylic acids is 1. The van der Waals surface area contributed by atoms with Gasteiger partial charge in [0, 0.05) is 5.02 Å². The highest BCUT2D eigenvalue weighted by atomic mass is 35.5. The minimum atomic E-state index is -0.858. The van der Waals surface area contributed by atoms with Crippen molar-refractivity contribution < 1.29 is 9.90 Å². The Balaban J connectivity index is 1.86. The summed E-state index contributed by atoms with van der Waals surface area (Å²) in [6.07, 6.45) is -0.0139. The normalized spacial score (nSPS) is 10.9. The van der Waals surface area contributed by atoms with Crippen LogP contribution in [0.25, 0.3) is 11.0 Å². The lowest BCUT2D eigenvalue weighted by Crippen LogP contribution is -2.03. The zero-order valence-electron chi connectivity index (χ0n) is 11.0. The van der Waals surface area contributed by atoms with Gasteiger partial charge in [0.15, 0.2) is 0 Å². The highest BCUT2D eigenvalue weighted by Gasteiger charge is 2.06. The van der Waals surface area contributed by atoms with Crippen LogP contribution in [0.1, 0.15) is 11.1 Å². The molecule has 0 saturated carbocycles. The maximum absolute atomic E-state index is 10.7. The highest BCUT2D eigenvalue weighted by molar-refractivity contribution is 6.30. The number of hydrogen-bond donors (Lipinski definition) is 1. The van der Waals surface area contributed by atoms with Crippen LogP contribution < -0.4 is 0 Å². The molecule has 0 fully saturated rings. The summed E-state index contributed by atoms with van der Waals surface area (Å²) in [6.45, 7) is 0.542.